The molecule has 0 bridgehead atoms. The van der Waals surface area contributed by atoms with Gasteiger partial charge in [0.1, 0.15) is 0 Å². The maximum absolute atomic E-state index is 5.28. The van der Waals surface area contributed by atoms with Crippen LogP contribution in [0.4, 0.5) is 0 Å². The number of methoxy groups -OCH3 is 1. The van der Waals surface area contributed by atoms with E-state index in [1.54, 1.807) is 7.11 Å². The van der Waals surface area contributed by atoms with Crippen LogP contribution >= 0.6 is 0 Å². The van der Waals surface area contributed by atoms with Crippen molar-refractivity contribution in [2.75, 3.05) is 7.11 Å². The van der Waals surface area contributed by atoms with Gasteiger partial charge in [-0.1, -0.05) is 0 Å². The summed E-state index contributed by atoms with van der Waals surface area (Å²) in [5, 5.41) is 2.53. The zero-order chi connectivity index (χ0) is 9.26. The van der Waals surface area contributed by atoms with E-state index in [1.165, 1.54) is 36.9 Å². The van der Waals surface area contributed by atoms with Crippen molar-refractivity contribution < 1.29 is 4.74 Å². The molecular formula is C11H9OSn. The van der Waals surface area contributed by atoms with Crippen LogP contribution in [0.3, 0.4) is 0 Å². The van der Waals surface area contributed by atoms with Crippen LogP contribution < -0.4 is 8.32 Å². The van der Waals surface area contributed by atoms with Crippen LogP contribution in [-0.4, -0.2) is 29.6 Å². The molecule has 0 amide bonds. The summed E-state index contributed by atoms with van der Waals surface area (Å²) >= 11 is 1.39. The number of fused-ring (bicyclic) bond motifs is 1. The molecule has 0 aliphatic rings. The van der Waals surface area contributed by atoms with E-state index in [-0.39, 0.29) is 0 Å². The molecule has 0 spiro atoms. The molecule has 0 aliphatic heterocycles. The van der Waals surface area contributed by atoms with E-state index in [4.69, 9.17) is 4.74 Å². The van der Waals surface area contributed by atoms with Gasteiger partial charge in [0.25, 0.3) is 0 Å². The van der Waals surface area contributed by atoms with Crippen molar-refractivity contribution in [2.45, 2.75) is 0 Å². The van der Waals surface area contributed by atoms with Gasteiger partial charge in [-0.2, -0.15) is 0 Å². The van der Waals surface area contributed by atoms with E-state index in [0.717, 1.165) is 5.75 Å². The van der Waals surface area contributed by atoms with Crippen LogP contribution in [0.25, 0.3) is 10.8 Å². The Balaban J connectivity index is 2.74. The molecule has 2 rings (SSSR count). The Morgan fingerprint density at radius 1 is 1.08 bits per heavy atom. The molecule has 0 atom stereocenters. The van der Waals surface area contributed by atoms with Crippen molar-refractivity contribution in [3.63, 3.8) is 0 Å². The van der Waals surface area contributed by atoms with Crippen molar-refractivity contribution in [3.8, 4) is 5.75 Å². The van der Waals surface area contributed by atoms with Gasteiger partial charge < -0.3 is 0 Å². The van der Waals surface area contributed by atoms with Gasteiger partial charge in [0.2, 0.25) is 0 Å². The van der Waals surface area contributed by atoms with Crippen molar-refractivity contribution in [3.05, 3.63) is 36.4 Å². The number of benzene rings is 2. The molecule has 1 nitrogen and oxygen atoms in total. The standard InChI is InChI=1S/C11H9O.Sn/c1-12-11-7-6-9-4-2-3-5-10(9)8-11;/h2-6,8H,1H3;. The van der Waals surface area contributed by atoms with Gasteiger partial charge >= 0.3 is 90.9 Å². The van der Waals surface area contributed by atoms with Gasteiger partial charge in [-0.3, -0.25) is 0 Å². The molecule has 0 aromatic heterocycles. The number of rotatable bonds is 1. The van der Waals surface area contributed by atoms with E-state index >= 15 is 0 Å². The number of hydrogen-bond donors (Lipinski definition) is 0. The second kappa shape index (κ2) is 3.58. The zero-order valence-corrected chi connectivity index (χ0v) is 10.2. The first-order valence-electron chi connectivity index (χ1n) is 4.09. The molecule has 0 fully saturated rings. The first-order chi connectivity index (χ1) is 6.31. The first kappa shape index (κ1) is 8.88. The summed E-state index contributed by atoms with van der Waals surface area (Å²) in [6.07, 6.45) is 0. The second-order valence-electron chi connectivity index (χ2n) is 2.90. The minimum atomic E-state index is 0.997. The van der Waals surface area contributed by atoms with Gasteiger partial charge in [-0.15, -0.1) is 0 Å². The van der Waals surface area contributed by atoms with Crippen LogP contribution in [0.2, 0.25) is 0 Å². The minimum absolute atomic E-state index is 0.997. The SMILES string of the molecule is COc1cc2ccccc2c[c]1[Sn]. The summed E-state index contributed by atoms with van der Waals surface area (Å²) in [7, 11) is 1.72. The van der Waals surface area contributed by atoms with Gasteiger partial charge in [-0.05, 0) is 0 Å². The summed E-state index contributed by atoms with van der Waals surface area (Å²) in [5.41, 5.74) is 0. The average molecular weight is 276 g/mol. The molecule has 0 N–H and O–H groups in total. The van der Waals surface area contributed by atoms with Gasteiger partial charge in [0.05, 0.1) is 0 Å². The normalized spacial score (nSPS) is 10.3. The van der Waals surface area contributed by atoms with E-state index in [1.807, 2.05) is 6.07 Å². The van der Waals surface area contributed by atoms with E-state index in [9.17, 15) is 0 Å². The summed E-state index contributed by atoms with van der Waals surface area (Å²) in [5.74, 6) is 0.997. The quantitative estimate of drug-likeness (QED) is 0.719. The molecule has 2 heteroatoms. The molecule has 13 heavy (non-hydrogen) atoms. The van der Waals surface area contributed by atoms with E-state index in [2.05, 4.69) is 30.3 Å². The summed E-state index contributed by atoms with van der Waals surface area (Å²) in [4.78, 5) is 0. The summed E-state index contributed by atoms with van der Waals surface area (Å²) in [6, 6.07) is 12.6. The molecular weight excluding hydrogens is 267 g/mol. The third kappa shape index (κ3) is 1.65. The molecule has 2 aromatic carbocycles. The Hall–Kier alpha value is -0.701. The molecule has 0 aliphatic carbocycles. The molecule has 63 valence electrons. The Morgan fingerprint density at radius 3 is 2.31 bits per heavy atom. The second-order valence-corrected chi connectivity index (χ2v) is 4.44. The third-order valence-corrected chi connectivity index (χ3v) is 3.18. The maximum atomic E-state index is 5.28. The van der Waals surface area contributed by atoms with Crippen molar-refractivity contribution >= 4 is 36.9 Å². The van der Waals surface area contributed by atoms with Gasteiger partial charge in [0.15, 0.2) is 0 Å². The van der Waals surface area contributed by atoms with Crippen LogP contribution in [0.15, 0.2) is 36.4 Å². The predicted molar refractivity (Wildman–Crippen MR) is 55.9 cm³/mol. The molecule has 0 saturated heterocycles. The Kier molecular flexibility index (Phi) is 2.44. The summed E-state index contributed by atoms with van der Waals surface area (Å²) in [6.45, 7) is 0. The number of hydrogen-bond acceptors (Lipinski definition) is 1. The van der Waals surface area contributed by atoms with Crippen LogP contribution in [0.5, 0.6) is 5.75 Å². The van der Waals surface area contributed by atoms with Gasteiger partial charge in [-0.25, -0.2) is 0 Å². The Labute approximate surface area is 90.8 Å². The van der Waals surface area contributed by atoms with E-state index < -0.39 is 0 Å². The van der Waals surface area contributed by atoms with Crippen LogP contribution in [0, 0.1) is 0 Å². The van der Waals surface area contributed by atoms with Crippen LogP contribution in [-0.2, 0) is 0 Å². The van der Waals surface area contributed by atoms with E-state index in [0.29, 0.717) is 0 Å². The molecule has 2 aromatic rings. The van der Waals surface area contributed by atoms with Crippen molar-refractivity contribution in [2.24, 2.45) is 0 Å². The van der Waals surface area contributed by atoms with Crippen LogP contribution in [0.1, 0.15) is 0 Å². The summed E-state index contributed by atoms with van der Waals surface area (Å²) < 4.78 is 6.55. The first-order valence-corrected chi connectivity index (χ1v) is 5.52. The fraction of sp³-hybridized carbons (Fsp3) is 0.0909. The van der Waals surface area contributed by atoms with Crippen molar-refractivity contribution in [1.29, 1.82) is 0 Å². The Morgan fingerprint density at radius 2 is 1.69 bits per heavy atom. The monoisotopic (exact) mass is 277 g/mol. The number of ether oxygens (including phenoxy) is 1. The molecule has 3 radical (unpaired) electrons. The average Bonchev–Trinajstić information content (AvgIpc) is 2.17. The molecule has 0 unspecified atom stereocenters. The topological polar surface area (TPSA) is 9.23 Å². The zero-order valence-electron chi connectivity index (χ0n) is 7.37. The molecule has 0 heterocycles. The van der Waals surface area contributed by atoms with Crippen molar-refractivity contribution in [1.82, 2.24) is 0 Å². The molecule has 0 saturated carbocycles. The fourth-order valence-corrected chi connectivity index (χ4v) is 2.33. The Bertz CT molecular complexity index is 437. The predicted octanol–water partition coefficient (Wildman–Crippen LogP) is 1.64. The fourth-order valence-electron chi connectivity index (χ4n) is 1.39. The third-order valence-electron chi connectivity index (χ3n) is 2.07. The van der Waals surface area contributed by atoms with Gasteiger partial charge in [0, 0.05) is 0 Å².